The van der Waals surface area contributed by atoms with Crippen LogP contribution < -0.4 is 0 Å². The van der Waals surface area contributed by atoms with E-state index >= 15 is 0 Å². The summed E-state index contributed by atoms with van der Waals surface area (Å²) in [5.41, 5.74) is 0.571. The Bertz CT molecular complexity index is 574. The predicted molar refractivity (Wildman–Crippen MR) is 68.7 cm³/mol. The first-order valence-corrected chi connectivity index (χ1v) is 6.21. The highest BCUT2D eigenvalue weighted by atomic mass is 79.9. The second-order valence-corrected chi connectivity index (χ2v) is 5.06. The highest BCUT2D eigenvalue weighted by Crippen LogP contribution is 2.24. The molecule has 0 spiro atoms. The number of allylic oxidation sites excluding steroid dienone is 1. The van der Waals surface area contributed by atoms with Crippen LogP contribution in [0.1, 0.15) is 10.7 Å². The molecule has 0 bridgehead atoms. The van der Waals surface area contributed by atoms with E-state index in [-0.39, 0.29) is 0 Å². The molecule has 0 saturated heterocycles. The molecular formula is C11H8BrN3S. The summed E-state index contributed by atoms with van der Waals surface area (Å²) in [6.07, 6.45) is 5.35. The lowest BCUT2D eigenvalue weighted by molar-refractivity contribution is 0.893. The van der Waals surface area contributed by atoms with E-state index in [9.17, 15) is 0 Å². The molecule has 0 radical (unpaired) electrons. The van der Waals surface area contributed by atoms with E-state index in [4.69, 9.17) is 5.26 Å². The first kappa shape index (κ1) is 11.1. The fourth-order valence-corrected chi connectivity index (χ4v) is 2.69. The first-order valence-electron chi connectivity index (χ1n) is 4.54. The van der Waals surface area contributed by atoms with Gasteiger partial charge in [0.05, 0.1) is 5.57 Å². The topological polar surface area (TPSA) is 41.6 Å². The van der Waals surface area contributed by atoms with E-state index in [1.54, 1.807) is 17.5 Å². The minimum absolute atomic E-state index is 0.571. The van der Waals surface area contributed by atoms with E-state index in [0.717, 1.165) is 9.35 Å². The summed E-state index contributed by atoms with van der Waals surface area (Å²) < 4.78 is 2.86. The third-order valence-electron chi connectivity index (χ3n) is 2.06. The molecule has 0 fully saturated rings. The molecule has 2 aromatic rings. The van der Waals surface area contributed by atoms with Crippen LogP contribution in [0.2, 0.25) is 0 Å². The number of thiophene rings is 1. The summed E-state index contributed by atoms with van der Waals surface area (Å²) in [6, 6.07) is 4.15. The van der Waals surface area contributed by atoms with Crippen LogP contribution in [-0.2, 0) is 7.05 Å². The highest BCUT2D eigenvalue weighted by molar-refractivity contribution is 9.10. The monoisotopic (exact) mass is 293 g/mol. The highest BCUT2D eigenvalue weighted by Gasteiger charge is 2.06. The summed E-state index contributed by atoms with van der Waals surface area (Å²) in [5.74, 6) is 0.687. The zero-order valence-corrected chi connectivity index (χ0v) is 10.9. The molecular weight excluding hydrogens is 286 g/mol. The van der Waals surface area contributed by atoms with E-state index in [0.29, 0.717) is 11.4 Å². The maximum Gasteiger partial charge on any atom is 0.150 e. The number of aryl methyl sites for hydroxylation is 1. The molecule has 2 rings (SSSR count). The number of hydrogen-bond acceptors (Lipinski definition) is 3. The smallest absolute Gasteiger partial charge is 0.150 e. The average Bonchev–Trinajstić information content (AvgIpc) is 2.84. The van der Waals surface area contributed by atoms with Gasteiger partial charge in [-0.25, -0.2) is 4.98 Å². The largest absolute Gasteiger partial charge is 0.333 e. The Morgan fingerprint density at radius 2 is 2.50 bits per heavy atom. The van der Waals surface area contributed by atoms with Gasteiger partial charge in [-0.05, 0) is 28.1 Å². The standard InChI is InChI=1S/C11H8BrN3S/c1-15-3-2-14-11(15)8(6-13)4-10-5-9(12)7-16-10/h2-5,7H,1H3/b8-4-. The van der Waals surface area contributed by atoms with Crippen molar-refractivity contribution in [1.82, 2.24) is 9.55 Å². The first-order chi connectivity index (χ1) is 7.70. The van der Waals surface area contributed by atoms with Crippen LogP contribution >= 0.6 is 27.3 Å². The Morgan fingerprint density at radius 3 is 3.00 bits per heavy atom. The molecule has 5 heteroatoms. The quantitative estimate of drug-likeness (QED) is 0.797. The zero-order chi connectivity index (χ0) is 11.5. The van der Waals surface area contributed by atoms with Gasteiger partial charge in [0.15, 0.2) is 0 Å². The van der Waals surface area contributed by atoms with Crippen LogP contribution in [0.3, 0.4) is 0 Å². The fourth-order valence-electron chi connectivity index (χ4n) is 1.32. The van der Waals surface area contributed by atoms with Gasteiger partial charge in [-0.3, -0.25) is 0 Å². The Balaban J connectivity index is 2.42. The van der Waals surface area contributed by atoms with Gasteiger partial charge in [0.2, 0.25) is 0 Å². The molecule has 0 N–H and O–H groups in total. The molecule has 3 nitrogen and oxygen atoms in total. The van der Waals surface area contributed by atoms with Crippen molar-refractivity contribution in [2.45, 2.75) is 0 Å². The number of nitriles is 1. The Morgan fingerprint density at radius 1 is 1.69 bits per heavy atom. The van der Waals surface area contributed by atoms with Gasteiger partial charge < -0.3 is 4.57 Å². The molecule has 16 heavy (non-hydrogen) atoms. The summed E-state index contributed by atoms with van der Waals surface area (Å²) in [7, 11) is 1.87. The third-order valence-corrected chi connectivity index (χ3v) is 3.70. The van der Waals surface area contributed by atoms with Crippen LogP contribution in [0.15, 0.2) is 28.3 Å². The number of aromatic nitrogens is 2. The fraction of sp³-hybridized carbons (Fsp3) is 0.0909. The van der Waals surface area contributed by atoms with Crippen molar-refractivity contribution >= 4 is 38.9 Å². The lowest BCUT2D eigenvalue weighted by Crippen LogP contribution is -1.94. The molecule has 0 aliphatic heterocycles. The number of hydrogen-bond donors (Lipinski definition) is 0. The lowest BCUT2D eigenvalue weighted by atomic mass is 10.2. The number of nitrogens with zero attached hydrogens (tertiary/aromatic N) is 3. The lowest BCUT2D eigenvalue weighted by Gasteiger charge is -1.98. The van der Waals surface area contributed by atoms with Crippen molar-refractivity contribution < 1.29 is 0 Å². The van der Waals surface area contributed by atoms with Gasteiger partial charge in [0, 0.05) is 34.2 Å². The molecule has 0 saturated carbocycles. The molecule has 2 aromatic heterocycles. The molecule has 0 aliphatic rings. The van der Waals surface area contributed by atoms with Crippen LogP contribution in [0, 0.1) is 11.3 Å². The second kappa shape index (κ2) is 4.64. The normalized spacial score (nSPS) is 11.4. The summed E-state index contributed by atoms with van der Waals surface area (Å²) in [4.78, 5) is 5.19. The van der Waals surface area contributed by atoms with Gasteiger partial charge in [-0.1, -0.05) is 0 Å². The molecule has 0 atom stereocenters. The van der Waals surface area contributed by atoms with E-state index in [1.165, 1.54) is 0 Å². The molecule has 0 aromatic carbocycles. The third kappa shape index (κ3) is 2.23. The molecule has 0 amide bonds. The SMILES string of the molecule is Cn1ccnc1/C(C#N)=C\c1cc(Br)cs1. The van der Waals surface area contributed by atoms with Crippen molar-refractivity contribution in [1.29, 1.82) is 5.26 Å². The predicted octanol–water partition coefficient (Wildman–Crippen LogP) is 3.31. The van der Waals surface area contributed by atoms with Gasteiger partial charge in [-0.15, -0.1) is 11.3 Å². The van der Waals surface area contributed by atoms with Gasteiger partial charge in [0.1, 0.15) is 11.9 Å². The summed E-state index contributed by atoms with van der Waals surface area (Å²) >= 11 is 4.97. The minimum atomic E-state index is 0.571. The Kier molecular flexibility index (Phi) is 3.22. The number of halogens is 1. The van der Waals surface area contributed by atoms with E-state index in [2.05, 4.69) is 27.0 Å². The summed E-state index contributed by atoms with van der Waals surface area (Å²) in [5, 5.41) is 11.1. The van der Waals surface area contributed by atoms with Crippen molar-refractivity contribution in [3.8, 4) is 6.07 Å². The zero-order valence-electron chi connectivity index (χ0n) is 8.51. The molecule has 2 heterocycles. The Labute approximate surface area is 106 Å². The van der Waals surface area contributed by atoms with E-state index in [1.807, 2.05) is 35.3 Å². The van der Waals surface area contributed by atoms with Gasteiger partial charge in [-0.2, -0.15) is 5.26 Å². The summed E-state index contributed by atoms with van der Waals surface area (Å²) in [6.45, 7) is 0. The molecule has 0 unspecified atom stereocenters. The minimum Gasteiger partial charge on any atom is -0.333 e. The van der Waals surface area contributed by atoms with Gasteiger partial charge >= 0.3 is 0 Å². The van der Waals surface area contributed by atoms with Crippen LogP contribution in [0.4, 0.5) is 0 Å². The van der Waals surface area contributed by atoms with Crippen molar-refractivity contribution in [2.75, 3.05) is 0 Å². The maximum atomic E-state index is 9.11. The maximum absolute atomic E-state index is 9.11. The van der Waals surface area contributed by atoms with Gasteiger partial charge in [0.25, 0.3) is 0 Å². The van der Waals surface area contributed by atoms with Crippen LogP contribution in [-0.4, -0.2) is 9.55 Å². The average molecular weight is 294 g/mol. The Hall–Kier alpha value is -1.38. The van der Waals surface area contributed by atoms with E-state index < -0.39 is 0 Å². The number of imidazole rings is 1. The van der Waals surface area contributed by atoms with Crippen molar-refractivity contribution in [2.24, 2.45) is 7.05 Å². The molecule has 80 valence electrons. The van der Waals surface area contributed by atoms with Crippen LogP contribution in [0.25, 0.3) is 11.6 Å². The van der Waals surface area contributed by atoms with Crippen molar-refractivity contribution in [3.63, 3.8) is 0 Å². The second-order valence-electron chi connectivity index (χ2n) is 3.20. The molecule has 0 aliphatic carbocycles. The van der Waals surface area contributed by atoms with Crippen molar-refractivity contribution in [3.05, 3.63) is 39.0 Å². The number of rotatable bonds is 2. The van der Waals surface area contributed by atoms with Crippen LogP contribution in [0.5, 0.6) is 0 Å².